The number of nitrogens with zero attached hydrogens (tertiary/aromatic N) is 2. The summed E-state index contributed by atoms with van der Waals surface area (Å²) in [4.78, 5) is 4.00. The lowest BCUT2D eigenvalue weighted by Crippen LogP contribution is -1.84. The number of rotatable bonds is 1. The fourth-order valence-corrected chi connectivity index (χ4v) is 2.96. The van der Waals surface area contributed by atoms with Gasteiger partial charge in [0.1, 0.15) is 5.82 Å². The molecule has 0 atom stereocenters. The number of pyridine rings is 1. The van der Waals surface area contributed by atoms with Gasteiger partial charge in [0.05, 0.1) is 6.20 Å². The smallest absolute Gasteiger partial charge is 0.151 e. The summed E-state index contributed by atoms with van der Waals surface area (Å²) in [6, 6.07) is 1.47. The van der Waals surface area contributed by atoms with E-state index in [0.717, 1.165) is 15.5 Å². The van der Waals surface area contributed by atoms with E-state index >= 15 is 0 Å². The number of hydrogen-bond acceptors (Lipinski definition) is 2. The minimum Gasteiger partial charge on any atom is -0.265 e. The van der Waals surface area contributed by atoms with E-state index in [0.29, 0.717) is 0 Å². The Morgan fingerprint density at radius 2 is 2.38 bits per heavy atom. The minimum atomic E-state index is -0.315. The van der Waals surface area contributed by atoms with Crippen LogP contribution in [0.25, 0.3) is 11.0 Å². The molecule has 0 unspecified atom stereocenters. The molecule has 2 nitrogen and oxygen atoms in total. The fourth-order valence-electron chi connectivity index (χ4n) is 1.07. The Labute approximate surface area is 98.8 Å². The molecule has 0 aromatic carbocycles. The summed E-state index contributed by atoms with van der Waals surface area (Å²) >= 11 is 5.50. The van der Waals surface area contributed by atoms with Crippen LogP contribution < -0.4 is 0 Å². The van der Waals surface area contributed by atoms with Crippen molar-refractivity contribution in [3.05, 3.63) is 28.7 Å². The molecule has 0 fully saturated rings. The molecule has 2 aromatic rings. The molecule has 0 bridgehead atoms. The Balaban J connectivity index is 2.80. The first-order valence-corrected chi connectivity index (χ1v) is 7.44. The summed E-state index contributed by atoms with van der Waals surface area (Å²) in [5.74, 6) is -0.315. The maximum Gasteiger partial charge on any atom is 0.151 e. The van der Waals surface area contributed by atoms with Gasteiger partial charge in [0.2, 0.25) is 0 Å². The third-order valence-corrected chi connectivity index (χ3v) is 3.94. The molecule has 68 valence electrons. The van der Waals surface area contributed by atoms with E-state index in [1.54, 1.807) is 0 Å². The molecule has 0 radical (unpaired) electrons. The van der Waals surface area contributed by atoms with Crippen LogP contribution in [0, 0.1) is 5.82 Å². The number of hydrogen-bond donors (Lipinski definition) is 0. The van der Waals surface area contributed by atoms with E-state index in [1.807, 2.05) is 10.2 Å². The van der Waals surface area contributed by atoms with E-state index < -0.39 is 0 Å². The molecule has 0 spiro atoms. The zero-order valence-electron chi connectivity index (χ0n) is 6.17. The van der Waals surface area contributed by atoms with Gasteiger partial charge in [0.25, 0.3) is 0 Å². The van der Waals surface area contributed by atoms with Crippen molar-refractivity contribution in [3.8, 4) is 0 Å². The molecule has 6 heteroatoms. The van der Waals surface area contributed by atoms with Crippen LogP contribution in [0.3, 0.4) is 0 Å². The number of fused-ring (bicyclic) bond motifs is 1. The van der Waals surface area contributed by atoms with Crippen LogP contribution in [0.1, 0.15) is 0 Å². The first kappa shape index (κ1) is 9.72. The lowest BCUT2D eigenvalue weighted by Gasteiger charge is -1.95. The first-order chi connectivity index (χ1) is 6.22. The SMILES string of the molecule is Fc1cnc2c(c1)c(Br)cn2SI. The average molecular weight is 373 g/mol. The van der Waals surface area contributed by atoms with Crippen LogP contribution >= 0.6 is 46.3 Å². The quantitative estimate of drug-likeness (QED) is 0.709. The summed E-state index contributed by atoms with van der Waals surface area (Å²) in [5.41, 5.74) is 0.771. The van der Waals surface area contributed by atoms with Gasteiger partial charge in [-0.15, -0.1) is 0 Å². The molecular weight excluding hydrogens is 370 g/mol. The second kappa shape index (κ2) is 3.74. The third kappa shape index (κ3) is 1.71. The van der Waals surface area contributed by atoms with Gasteiger partial charge in [0, 0.05) is 46.4 Å². The largest absolute Gasteiger partial charge is 0.265 e. The molecule has 13 heavy (non-hydrogen) atoms. The fraction of sp³-hybridized carbons (Fsp3) is 0. The van der Waals surface area contributed by atoms with Crippen LogP contribution in [-0.4, -0.2) is 8.96 Å². The lowest BCUT2D eigenvalue weighted by atomic mass is 10.3. The predicted molar refractivity (Wildman–Crippen MR) is 64.4 cm³/mol. The monoisotopic (exact) mass is 372 g/mol. The highest BCUT2D eigenvalue weighted by Crippen LogP contribution is 2.30. The van der Waals surface area contributed by atoms with Gasteiger partial charge < -0.3 is 0 Å². The first-order valence-electron chi connectivity index (χ1n) is 3.33. The zero-order valence-corrected chi connectivity index (χ0v) is 10.7. The Hall–Kier alpha value is 0.180. The number of halogens is 3. The standard InChI is InChI=1S/C7H3BrFIN2S/c8-6-3-12(13-10)7-5(6)1-4(9)2-11-7/h1-3H. The van der Waals surface area contributed by atoms with Crippen LogP contribution in [0.4, 0.5) is 4.39 Å². The highest BCUT2D eigenvalue weighted by atomic mass is 127. The van der Waals surface area contributed by atoms with Crippen LogP contribution in [-0.2, 0) is 0 Å². The second-order valence-corrected chi connectivity index (χ2v) is 4.96. The maximum absolute atomic E-state index is 12.8. The average Bonchev–Trinajstić information content (AvgIpc) is 2.43. The van der Waals surface area contributed by atoms with Crippen molar-refractivity contribution in [1.29, 1.82) is 0 Å². The van der Waals surface area contributed by atoms with Gasteiger partial charge in [-0.1, -0.05) is 0 Å². The van der Waals surface area contributed by atoms with Gasteiger partial charge in [-0.3, -0.25) is 3.97 Å². The Bertz CT molecular complexity index is 459. The molecule has 0 aliphatic heterocycles. The van der Waals surface area contributed by atoms with Crippen molar-refractivity contribution in [3.63, 3.8) is 0 Å². The Morgan fingerprint density at radius 3 is 3.08 bits per heavy atom. The van der Waals surface area contributed by atoms with Gasteiger partial charge in [-0.05, 0) is 22.0 Å². The molecule has 0 aliphatic carbocycles. The van der Waals surface area contributed by atoms with E-state index in [1.165, 1.54) is 21.4 Å². The second-order valence-electron chi connectivity index (χ2n) is 2.40. The topological polar surface area (TPSA) is 17.8 Å². The van der Waals surface area contributed by atoms with Crippen molar-refractivity contribution >= 4 is 57.3 Å². The van der Waals surface area contributed by atoms with Crippen LogP contribution in [0.5, 0.6) is 0 Å². The predicted octanol–water partition coefficient (Wildman–Crippen LogP) is 3.78. The number of aromatic nitrogens is 2. The van der Waals surface area contributed by atoms with Crippen molar-refractivity contribution in [2.45, 2.75) is 0 Å². The molecule has 2 heterocycles. The molecule has 2 aromatic heterocycles. The minimum absolute atomic E-state index is 0.315. The van der Waals surface area contributed by atoms with E-state index in [4.69, 9.17) is 0 Å². The van der Waals surface area contributed by atoms with Crippen molar-refractivity contribution in [2.24, 2.45) is 0 Å². The van der Waals surface area contributed by atoms with E-state index in [2.05, 4.69) is 42.1 Å². The highest BCUT2D eigenvalue weighted by Gasteiger charge is 2.08. The summed E-state index contributed by atoms with van der Waals surface area (Å²) < 4.78 is 15.6. The summed E-state index contributed by atoms with van der Waals surface area (Å²) in [7, 11) is 1.50. The normalized spacial score (nSPS) is 11.0. The molecule has 2 rings (SSSR count). The van der Waals surface area contributed by atoms with Crippen LogP contribution in [0.15, 0.2) is 22.9 Å². The zero-order chi connectivity index (χ0) is 9.42. The van der Waals surface area contributed by atoms with Crippen molar-refractivity contribution in [2.75, 3.05) is 0 Å². The van der Waals surface area contributed by atoms with Gasteiger partial charge >= 0.3 is 0 Å². The van der Waals surface area contributed by atoms with Gasteiger partial charge in [0.15, 0.2) is 5.65 Å². The van der Waals surface area contributed by atoms with Gasteiger partial charge in [-0.25, -0.2) is 9.37 Å². The van der Waals surface area contributed by atoms with Crippen LogP contribution in [0.2, 0.25) is 0 Å². The lowest BCUT2D eigenvalue weighted by molar-refractivity contribution is 0.624. The third-order valence-electron chi connectivity index (χ3n) is 1.60. The molecule has 0 aliphatic rings. The summed E-state index contributed by atoms with van der Waals surface area (Å²) in [6.45, 7) is 0. The summed E-state index contributed by atoms with van der Waals surface area (Å²) in [5, 5.41) is 0.796. The van der Waals surface area contributed by atoms with Crippen molar-refractivity contribution < 1.29 is 4.39 Å². The summed E-state index contributed by atoms with van der Waals surface area (Å²) in [6.07, 6.45) is 3.09. The molecular formula is C7H3BrFIN2S. The molecule has 0 saturated carbocycles. The van der Waals surface area contributed by atoms with Gasteiger partial charge in [-0.2, -0.15) is 0 Å². The molecule has 0 amide bonds. The Morgan fingerprint density at radius 1 is 1.62 bits per heavy atom. The maximum atomic E-state index is 12.8. The van der Waals surface area contributed by atoms with E-state index in [-0.39, 0.29) is 5.82 Å². The van der Waals surface area contributed by atoms with Crippen molar-refractivity contribution in [1.82, 2.24) is 8.96 Å². The van der Waals surface area contributed by atoms with E-state index in [9.17, 15) is 4.39 Å². The molecule has 0 saturated heterocycles. The highest BCUT2D eigenvalue weighted by molar-refractivity contribution is 14.2. The molecule has 0 N–H and O–H groups in total. The Kier molecular flexibility index (Phi) is 2.80.